The molecule has 0 atom stereocenters. The molecule has 0 spiro atoms. The van der Waals surface area contributed by atoms with Crippen molar-refractivity contribution in [3.63, 3.8) is 0 Å². The molecule has 0 aliphatic carbocycles. The molecule has 0 nitrogen and oxygen atoms in total. The predicted molar refractivity (Wildman–Crippen MR) is 74.1 cm³/mol. The molecule has 0 amide bonds. The van der Waals surface area contributed by atoms with E-state index in [2.05, 4.69) is 0 Å². The van der Waals surface area contributed by atoms with E-state index >= 15 is 0 Å². The minimum absolute atomic E-state index is 0.236. The largest absolute Gasteiger partial charge is 0.204 e. The Morgan fingerprint density at radius 3 is 1.90 bits per heavy atom. The van der Waals surface area contributed by atoms with Crippen LogP contribution in [0.15, 0.2) is 30.3 Å². The Balaban J connectivity index is 2.13. The molecule has 0 bridgehead atoms. The van der Waals surface area contributed by atoms with Crippen LogP contribution in [0.2, 0.25) is 0 Å². The monoisotopic (exact) mass is 296 g/mol. The summed E-state index contributed by atoms with van der Waals surface area (Å²) in [7, 11) is 0. The summed E-state index contributed by atoms with van der Waals surface area (Å²) in [5, 5.41) is 0. The summed E-state index contributed by atoms with van der Waals surface area (Å²) in [6, 6.07) is 6.70. The van der Waals surface area contributed by atoms with E-state index in [0.29, 0.717) is 24.0 Å². The van der Waals surface area contributed by atoms with Crippen molar-refractivity contribution in [1.29, 1.82) is 0 Å². The fraction of sp³-hybridized carbons (Fsp3) is 0.294. The van der Waals surface area contributed by atoms with Crippen molar-refractivity contribution < 1.29 is 17.6 Å². The first kappa shape index (κ1) is 15.5. The maximum absolute atomic E-state index is 13.9. The van der Waals surface area contributed by atoms with Crippen molar-refractivity contribution in [1.82, 2.24) is 0 Å². The van der Waals surface area contributed by atoms with Crippen LogP contribution in [-0.4, -0.2) is 0 Å². The van der Waals surface area contributed by atoms with Crippen LogP contribution in [0.5, 0.6) is 0 Å². The lowest BCUT2D eigenvalue weighted by atomic mass is 10.0. The minimum atomic E-state index is -0.933. The van der Waals surface area contributed by atoms with Crippen LogP contribution in [0, 0.1) is 23.3 Å². The molecule has 112 valence electrons. The van der Waals surface area contributed by atoms with E-state index in [1.807, 2.05) is 6.92 Å². The Hall–Kier alpha value is -1.84. The topological polar surface area (TPSA) is 0 Å². The van der Waals surface area contributed by atoms with Gasteiger partial charge in [-0.25, -0.2) is 17.6 Å². The standard InChI is InChI=1S/C17H16F4/c1-2-3-12-7-8-13(17(21)16(12)20)6-4-11-5-9-14(18)15(19)10-11/h5,7-10H,2-4,6H2,1H3. The molecule has 2 aromatic carbocycles. The van der Waals surface area contributed by atoms with Crippen LogP contribution in [0.3, 0.4) is 0 Å². The Bertz CT molecular complexity index is 635. The van der Waals surface area contributed by atoms with Gasteiger partial charge in [-0.15, -0.1) is 0 Å². The molecular weight excluding hydrogens is 280 g/mol. The summed E-state index contributed by atoms with van der Waals surface area (Å²) in [5.74, 6) is -3.50. The number of rotatable bonds is 5. The van der Waals surface area contributed by atoms with Crippen LogP contribution in [0.25, 0.3) is 0 Å². The first-order chi connectivity index (χ1) is 10.0. The number of benzene rings is 2. The van der Waals surface area contributed by atoms with Gasteiger partial charge in [0.2, 0.25) is 0 Å². The molecular formula is C17H16F4. The van der Waals surface area contributed by atoms with Gasteiger partial charge in [-0.05, 0) is 48.1 Å². The molecule has 0 unspecified atom stereocenters. The number of halogens is 4. The smallest absolute Gasteiger partial charge is 0.162 e. The lowest BCUT2D eigenvalue weighted by Crippen LogP contribution is -2.02. The minimum Gasteiger partial charge on any atom is -0.204 e. The van der Waals surface area contributed by atoms with E-state index in [1.165, 1.54) is 6.07 Å². The van der Waals surface area contributed by atoms with E-state index < -0.39 is 23.3 Å². The van der Waals surface area contributed by atoms with Gasteiger partial charge in [-0.3, -0.25) is 0 Å². The van der Waals surface area contributed by atoms with Gasteiger partial charge in [0.15, 0.2) is 23.3 Å². The second-order valence-corrected chi connectivity index (χ2v) is 5.01. The van der Waals surface area contributed by atoms with Crippen LogP contribution in [0.1, 0.15) is 30.0 Å². The molecule has 4 heteroatoms. The molecule has 0 radical (unpaired) electrons. The molecule has 0 aliphatic rings. The summed E-state index contributed by atoms with van der Waals surface area (Å²) < 4.78 is 53.6. The maximum atomic E-state index is 13.9. The summed E-state index contributed by atoms with van der Waals surface area (Å²) in [5.41, 5.74) is 1.16. The number of aryl methyl sites for hydroxylation is 3. The van der Waals surface area contributed by atoms with Gasteiger partial charge in [-0.1, -0.05) is 31.5 Å². The molecule has 0 fully saturated rings. The highest BCUT2D eigenvalue weighted by Crippen LogP contribution is 2.20. The number of hydrogen-bond donors (Lipinski definition) is 0. The molecule has 2 aromatic rings. The van der Waals surface area contributed by atoms with Gasteiger partial charge in [-0.2, -0.15) is 0 Å². The zero-order valence-corrected chi connectivity index (χ0v) is 11.7. The van der Waals surface area contributed by atoms with Crippen LogP contribution < -0.4 is 0 Å². The first-order valence-electron chi connectivity index (χ1n) is 6.92. The van der Waals surface area contributed by atoms with E-state index in [0.717, 1.165) is 18.6 Å². The zero-order valence-electron chi connectivity index (χ0n) is 11.7. The van der Waals surface area contributed by atoms with Gasteiger partial charge in [0.25, 0.3) is 0 Å². The number of hydrogen-bond acceptors (Lipinski definition) is 0. The second kappa shape index (κ2) is 6.74. The first-order valence-corrected chi connectivity index (χ1v) is 6.92. The van der Waals surface area contributed by atoms with Gasteiger partial charge >= 0.3 is 0 Å². The van der Waals surface area contributed by atoms with E-state index in [1.54, 1.807) is 12.1 Å². The third kappa shape index (κ3) is 3.63. The molecule has 0 aliphatic heterocycles. The van der Waals surface area contributed by atoms with Crippen molar-refractivity contribution in [3.05, 3.63) is 70.3 Å². The summed E-state index contributed by atoms with van der Waals surface area (Å²) in [6.45, 7) is 1.90. The van der Waals surface area contributed by atoms with E-state index in [4.69, 9.17) is 0 Å². The summed E-state index contributed by atoms with van der Waals surface area (Å²) in [4.78, 5) is 0. The highest BCUT2D eigenvalue weighted by molar-refractivity contribution is 5.28. The molecule has 0 saturated heterocycles. The van der Waals surface area contributed by atoms with Gasteiger partial charge < -0.3 is 0 Å². The van der Waals surface area contributed by atoms with E-state index in [9.17, 15) is 17.6 Å². The van der Waals surface area contributed by atoms with Crippen molar-refractivity contribution in [2.24, 2.45) is 0 Å². The lowest BCUT2D eigenvalue weighted by Gasteiger charge is -2.08. The van der Waals surface area contributed by atoms with Crippen LogP contribution in [0.4, 0.5) is 17.6 Å². The second-order valence-electron chi connectivity index (χ2n) is 5.01. The molecule has 0 saturated carbocycles. The molecule has 0 aromatic heterocycles. The molecule has 21 heavy (non-hydrogen) atoms. The Morgan fingerprint density at radius 2 is 1.33 bits per heavy atom. The fourth-order valence-electron chi connectivity index (χ4n) is 2.26. The predicted octanol–water partition coefficient (Wildman–Crippen LogP) is 4.98. The summed E-state index contributed by atoms with van der Waals surface area (Å²) in [6.07, 6.45) is 1.79. The van der Waals surface area contributed by atoms with Gasteiger partial charge in [0.05, 0.1) is 0 Å². The third-order valence-corrected chi connectivity index (χ3v) is 3.43. The zero-order chi connectivity index (χ0) is 15.4. The Morgan fingerprint density at radius 1 is 0.714 bits per heavy atom. The Labute approximate surface area is 121 Å². The molecule has 2 rings (SSSR count). The van der Waals surface area contributed by atoms with Crippen molar-refractivity contribution in [2.45, 2.75) is 32.6 Å². The van der Waals surface area contributed by atoms with Gasteiger partial charge in [0.1, 0.15) is 0 Å². The van der Waals surface area contributed by atoms with Crippen LogP contribution in [-0.2, 0) is 19.3 Å². The Kier molecular flexibility index (Phi) is 4.99. The van der Waals surface area contributed by atoms with Gasteiger partial charge in [0, 0.05) is 0 Å². The average molecular weight is 296 g/mol. The van der Waals surface area contributed by atoms with E-state index in [-0.39, 0.29) is 12.0 Å². The fourth-order valence-corrected chi connectivity index (χ4v) is 2.26. The third-order valence-electron chi connectivity index (χ3n) is 3.43. The van der Waals surface area contributed by atoms with Crippen molar-refractivity contribution in [3.8, 4) is 0 Å². The van der Waals surface area contributed by atoms with Crippen LogP contribution >= 0.6 is 0 Å². The normalized spacial score (nSPS) is 10.9. The average Bonchev–Trinajstić information content (AvgIpc) is 2.47. The summed E-state index contributed by atoms with van der Waals surface area (Å²) >= 11 is 0. The molecule has 0 N–H and O–H groups in total. The highest BCUT2D eigenvalue weighted by atomic mass is 19.2. The lowest BCUT2D eigenvalue weighted by molar-refractivity contribution is 0.488. The highest BCUT2D eigenvalue weighted by Gasteiger charge is 2.13. The quantitative estimate of drug-likeness (QED) is 0.683. The van der Waals surface area contributed by atoms with Crippen molar-refractivity contribution >= 4 is 0 Å². The maximum Gasteiger partial charge on any atom is 0.162 e. The SMILES string of the molecule is CCCc1ccc(CCc2ccc(F)c(F)c2)c(F)c1F. The van der Waals surface area contributed by atoms with Crippen molar-refractivity contribution in [2.75, 3.05) is 0 Å². The molecule has 0 heterocycles.